The van der Waals surface area contributed by atoms with Crippen molar-refractivity contribution < 1.29 is 33.7 Å². The fraction of sp³-hybridized carbons (Fsp3) is 0.478. The minimum Gasteiger partial charge on any atom is -0.483 e. The van der Waals surface area contributed by atoms with E-state index in [-0.39, 0.29) is 36.5 Å². The van der Waals surface area contributed by atoms with E-state index >= 15 is 0 Å². The normalized spacial score (nSPS) is 28.7. The number of carbonyl (C=O) groups is 2. The third-order valence-corrected chi connectivity index (χ3v) is 6.58. The van der Waals surface area contributed by atoms with E-state index in [1.165, 1.54) is 26.1 Å². The molecule has 2 aliphatic rings. The van der Waals surface area contributed by atoms with Crippen molar-refractivity contribution in [1.29, 1.82) is 0 Å². The molecule has 0 aromatic carbocycles. The number of hydrogen-bond donors (Lipinski definition) is 2. The maximum atomic E-state index is 13.4. The Labute approximate surface area is 184 Å². The van der Waals surface area contributed by atoms with Gasteiger partial charge in [-0.1, -0.05) is 0 Å². The van der Waals surface area contributed by atoms with Gasteiger partial charge in [0.25, 0.3) is 0 Å². The molecule has 32 heavy (non-hydrogen) atoms. The van der Waals surface area contributed by atoms with Crippen LogP contribution in [0.4, 0.5) is 0 Å². The second-order valence-corrected chi connectivity index (χ2v) is 8.90. The minimum atomic E-state index is -1.47. The van der Waals surface area contributed by atoms with Gasteiger partial charge in [0.1, 0.15) is 29.3 Å². The summed E-state index contributed by atoms with van der Waals surface area (Å²) in [6, 6.07) is 4.85. The summed E-state index contributed by atoms with van der Waals surface area (Å²) >= 11 is 0. The molecule has 2 aromatic rings. The summed E-state index contributed by atoms with van der Waals surface area (Å²) in [5.41, 5.74) is -3.27. The second-order valence-electron chi connectivity index (χ2n) is 8.90. The van der Waals surface area contributed by atoms with Gasteiger partial charge in [-0.3, -0.25) is 14.6 Å². The summed E-state index contributed by atoms with van der Waals surface area (Å²) in [4.78, 5) is 41.3. The molecule has 9 heteroatoms. The van der Waals surface area contributed by atoms with E-state index < -0.39 is 46.5 Å². The number of hydrogen-bond acceptors (Lipinski definition) is 9. The Morgan fingerprint density at radius 1 is 1.38 bits per heavy atom. The third-order valence-electron chi connectivity index (χ3n) is 6.58. The largest absolute Gasteiger partial charge is 0.483 e. The van der Waals surface area contributed by atoms with Gasteiger partial charge in [-0.2, -0.15) is 0 Å². The first-order valence-electron chi connectivity index (χ1n) is 10.4. The Morgan fingerprint density at radius 3 is 2.78 bits per heavy atom. The Balaban J connectivity index is 1.70. The summed E-state index contributed by atoms with van der Waals surface area (Å²) < 4.78 is 16.4. The molecule has 4 rings (SSSR count). The Hall–Kier alpha value is -3.04. The topological polar surface area (TPSA) is 136 Å². The molecule has 0 saturated heterocycles. The van der Waals surface area contributed by atoms with Gasteiger partial charge in [-0.15, -0.1) is 0 Å². The monoisotopic (exact) mass is 443 g/mol. The van der Waals surface area contributed by atoms with E-state index in [1.54, 1.807) is 25.3 Å². The van der Waals surface area contributed by atoms with Crippen LogP contribution in [-0.2, 0) is 9.53 Å². The van der Waals surface area contributed by atoms with Gasteiger partial charge in [0.2, 0.25) is 0 Å². The summed E-state index contributed by atoms with van der Waals surface area (Å²) in [6.07, 6.45) is 2.26. The lowest BCUT2D eigenvalue weighted by Gasteiger charge is -2.51. The smallest absolute Gasteiger partial charge is 0.351 e. The highest BCUT2D eigenvalue weighted by molar-refractivity contribution is 6.02. The third kappa shape index (κ3) is 3.71. The fourth-order valence-corrected chi connectivity index (χ4v) is 4.57. The van der Waals surface area contributed by atoms with Crippen LogP contribution in [0.5, 0.6) is 5.75 Å². The number of Topliss-reactive ketones (excluding diaryl/α,β-unsaturated/α-hetero) is 1. The minimum absolute atomic E-state index is 0.0491. The van der Waals surface area contributed by atoms with Crippen molar-refractivity contribution in [1.82, 2.24) is 4.98 Å². The number of carbonyl (C=O) groups excluding carboxylic acids is 2. The van der Waals surface area contributed by atoms with Gasteiger partial charge in [-0.05, 0) is 44.7 Å². The number of ether oxygens (including phenoxy) is 2. The van der Waals surface area contributed by atoms with Crippen molar-refractivity contribution in [3.05, 3.63) is 46.6 Å². The van der Waals surface area contributed by atoms with Gasteiger partial charge < -0.3 is 24.1 Å². The number of rotatable bonds is 4. The Kier molecular flexibility index (Phi) is 5.42. The number of fused-ring (bicyclic) bond motifs is 2. The molecule has 0 unspecified atom stereocenters. The first-order chi connectivity index (χ1) is 15.0. The molecule has 0 spiro atoms. The highest BCUT2D eigenvalue weighted by atomic mass is 16.5. The molecule has 0 bridgehead atoms. The Bertz CT molecular complexity index is 1110. The summed E-state index contributed by atoms with van der Waals surface area (Å²) in [5, 5.41) is 21.8. The first kappa shape index (κ1) is 22.2. The van der Waals surface area contributed by atoms with Crippen LogP contribution < -0.4 is 10.4 Å². The molecule has 0 amide bonds. The van der Waals surface area contributed by atoms with Crippen molar-refractivity contribution in [2.24, 2.45) is 11.8 Å². The lowest BCUT2D eigenvalue weighted by Crippen LogP contribution is -2.62. The van der Waals surface area contributed by atoms with Crippen LogP contribution >= 0.6 is 0 Å². The van der Waals surface area contributed by atoms with Crippen LogP contribution in [-0.4, -0.2) is 50.9 Å². The molecule has 2 N–H and O–H groups in total. The maximum absolute atomic E-state index is 13.4. The summed E-state index contributed by atoms with van der Waals surface area (Å²) in [6.45, 7) is 4.08. The zero-order valence-corrected chi connectivity index (χ0v) is 18.0. The van der Waals surface area contributed by atoms with E-state index in [4.69, 9.17) is 13.9 Å². The lowest BCUT2D eigenvalue weighted by atomic mass is 9.62. The molecule has 170 valence electrons. The number of ketones is 1. The molecule has 2 aromatic heterocycles. The molecule has 1 saturated carbocycles. The quantitative estimate of drug-likeness (QED) is 0.677. The van der Waals surface area contributed by atoms with E-state index in [1.807, 2.05) is 0 Å². The molecule has 5 atom stereocenters. The SMILES string of the molecule is CC(=O)OC[C@](C)(O)[C@H]1C[C@@H](O)[C@]2(C)Oc3cc(-c4cccnc4)oc(=O)c3C(=O)[C@H]2C1. The molecule has 1 aliphatic heterocycles. The summed E-state index contributed by atoms with van der Waals surface area (Å²) in [7, 11) is 0. The predicted molar refractivity (Wildman–Crippen MR) is 111 cm³/mol. The Morgan fingerprint density at radius 2 is 2.12 bits per heavy atom. The maximum Gasteiger partial charge on any atom is 0.351 e. The van der Waals surface area contributed by atoms with Crippen LogP contribution in [0.3, 0.4) is 0 Å². The van der Waals surface area contributed by atoms with Gasteiger partial charge in [-0.25, -0.2) is 4.79 Å². The molecular weight excluding hydrogens is 418 g/mol. The van der Waals surface area contributed by atoms with Crippen molar-refractivity contribution in [2.45, 2.75) is 50.9 Å². The van der Waals surface area contributed by atoms with Crippen molar-refractivity contribution >= 4 is 11.8 Å². The van der Waals surface area contributed by atoms with Gasteiger partial charge in [0.05, 0.1) is 17.6 Å². The van der Waals surface area contributed by atoms with Gasteiger partial charge in [0.15, 0.2) is 5.78 Å². The molecule has 9 nitrogen and oxygen atoms in total. The van der Waals surface area contributed by atoms with Crippen molar-refractivity contribution in [3.63, 3.8) is 0 Å². The van der Waals surface area contributed by atoms with Gasteiger partial charge in [0, 0.05) is 30.9 Å². The first-order valence-corrected chi connectivity index (χ1v) is 10.4. The number of aliphatic hydroxyl groups is 2. The number of esters is 1. The van der Waals surface area contributed by atoms with Crippen LogP contribution in [0.15, 0.2) is 39.8 Å². The zero-order valence-electron chi connectivity index (χ0n) is 18.0. The molecule has 0 radical (unpaired) electrons. The van der Waals surface area contributed by atoms with E-state index in [0.29, 0.717) is 5.56 Å². The number of aromatic nitrogens is 1. The standard InChI is InChI=1S/C23H25NO8/c1-12(25)30-11-22(2,29)14-7-15-20(27)19-17(32-23(15,3)18(26)8-14)9-16(31-21(19)28)13-5-4-6-24-10-13/h4-6,9-10,14-15,18,26,29H,7-8,11H2,1-3H3/t14-,15-,18-,22+,23-/m1/s1. The lowest BCUT2D eigenvalue weighted by molar-refractivity contribution is -0.166. The average Bonchev–Trinajstić information content (AvgIpc) is 2.73. The average molecular weight is 443 g/mol. The predicted octanol–water partition coefficient (Wildman–Crippen LogP) is 1.74. The van der Waals surface area contributed by atoms with E-state index in [9.17, 15) is 24.6 Å². The van der Waals surface area contributed by atoms with Gasteiger partial charge >= 0.3 is 11.6 Å². The molecule has 1 aliphatic carbocycles. The van der Waals surface area contributed by atoms with Crippen molar-refractivity contribution in [2.75, 3.05) is 6.61 Å². The van der Waals surface area contributed by atoms with Crippen molar-refractivity contribution in [3.8, 4) is 17.1 Å². The van der Waals surface area contributed by atoms with Crippen LogP contribution in [0.2, 0.25) is 0 Å². The van der Waals surface area contributed by atoms with Crippen LogP contribution in [0, 0.1) is 11.8 Å². The molecular formula is C23H25NO8. The fourth-order valence-electron chi connectivity index (χ4n) is 4.57. The highest BCUT2D eigenvalue weighted by Crippen LogP contribution is 2.48. The number of nitrogens with zero attached hydrogens (tertiary/aromatic N) is 1. The molecule has 3 heterocycles. The second kappa shape index (κ2) is 7.83. The van der Waals surface area contributed by atoms with Crippen LogP contribution in [0.1, 0.15) is 44.0 Å². The number of aliphatic hydroxyl groups excluding tert-OH is 1. The zero-order chi connectivity index (χ0) is 23.3. The van der Waals surface area contributed by atoms with E-state index in [2.05, 4.69) is 4.98 Å². The van der Waals surface area contributed by atoms with E-state index in [0.717, 1.165) is 0 Å². The summed E-state index contributed by atoms with van der Waals surface area (Å²) in [5.74, 6) is -2.26. The number of pyridine rings is 1. The molecule has 1 fully saturated rings. The van der Waals surface area contributed by atoms with Crippen LogP contribution in [0.25, 0.3) is 11.3 Å². The highest BCUT2D eigenvalue weighted by Gasteiger charge is 2.58.